The van der Waals surface area contributed by atoms with Crippen LogP contribution in [0.25, 0.3) is 10.9 Å². The second kappa shape index (κ2) is 4.60. The van der Waals surface area contributed by atoms with E-state index in [1.165, 1.54) is 11.8 Å². The highest BCUT2D eigenvalue weighted by molar-refractivity contribution is 5.87. The lowest BCUT2D eigenvalue weighted by Crippen LogP contribution is -2.84. The van der Waals surface area contributed by atoms with Crippen LogP contribution >= 0.6 is 0 Å². The maximum Gasteiger partial charge on any atom is 0.150 e. The summed E-state index contributed by atoms with van der Waals surface area (Å²) in [5.74, 6) is -0.651. The van der Waals surface area contributed by atoms with Crippen molar-refractivity contribution in [1.29, 1.82) is 0 Å². The summed E-state index contributed by atoms with van der Waals surface area (Å²) >= 11 is 0. The summed E-state index contributed by atoms with van der Waals surface area (Å²) in [4.78, 5) is 0. The second-order valence-corrected chi connectivity index (χ2v) is 5.57. The van der Waals surface area contributed by atoms with Crippen LogP contribution < -0.4 is 5.32 Å². The standard InChI is InChI=1S/C15H18F2N2/c1-9(2)14-11-7-10(16)8-12(17)15(11)19-6-5-18-4-3-13(14)19/h7-9,18H,3-6H2,1-2H3/p+1. The summed E-state index contributed by atoms with van der Waals surface area (Å²) in [5, 5.41) is 3.01. The van der Waals surface area contributed by atoms with Gasteiger partial charge < -0.3 is 9.88 Å². The number of hydrogen-bond acceptors (Lipinski definition) is 0. The fourth-order valence-electron chi connectivity index (χ4n) is 3.25. The number of nitrogens with zero attached hydrogens (tertiary/aromatic N) is 1. The first kappa shape index (κ1) is 12.6. The van der Waals surface area contributed by atoms with Crippen LogP contribution in [-0.4, -0.2) is 17.7 Å². The third-order valence-corrected chi connectivity index (χ3v) is 3.94. The van der Waals surface area contributed by atoms with Crippen molar-refractivity contribution in [2.75, 3.05) is 13.1 Å². The van der Waals surface area contributed by atoms with Gasteiger partial charge in [-0.15, -0.1) is 0 Å². The van der Waals surface area contributed by atoms with Gasteiger partial charge in [0.25, 0.3) is 0 Å². The lowest BCUT2D eigenvalue weighted by Gasteiger charge is -2.08. The molecule has 1 aromatic carbocycles. The number of halogens is 2. The van der Waals surface area contributed by atoms with E-state index in [4.69, 9.17) is 0 Å². The van der Waals surface area contributed by atoms with Gasteiger partial charge in [-0.2, -0.15) is 0 Å². The highest BCUT2D eigenvalue weighted by Gasteiger charge is 2.24. The van der Waals surface area contributed by atoms with Gasteiger partial charge in [-0.05, 0) is 17.5 Å². The molecule has 0 radical (unpaired) electrons. The zero-order chi connectivity index (χ0) is 13.6. The summed E-state index contributed by atoms with van der Waals surface area (Å²) in [6, 6.07) is 2.48. The van der Waals surface area contributed by atoms with Crippen molar-refractivity contribution in [3.8, 4) is 0 Å². The van der Waals surface area contributed by atoms with E-state index in [1.54, 1.807) is 0 Å². The van der Waals surface area contributed by atoms with Crippen LogP contribution in [0, 0.1) is 11.6 Å². The van der Waals surface area contributed by atoms with Gasteiger partial charge in [0, 0.05) is 23.6 Å². The van der Waals surface area contributed by atoms with E-state index >= 15 is 0 Å². The van der Waals surface area contributed by atoms with E-state index in [0.717, 1.165) is 43.1 Å². The molecular formula is C15H19F2N2+. The SMILES string of the molecule is CC(C)c1c2n(c3c(F)cc(F)cc13)CC[NH2+]CC2. The Hall–Kier alpha value is -1.42. The number of hydrogen-bond donors (Lipinski definition) is 1. The van der Waals surface area contributed by atoms with Crippen molar-refractivity contribution in [3.63, 3.8) is 0 Å². The molecule has 0 fully saturated rings. The molecule has 2 N–H and O–H groups in total. The monoisotopic (exact) mass is 265 g/mol. The van der Waals surface area contributed by atoms with E-state index in [9.17, 15) is 8.78 Å². The summed E-state index contributed by atoms with van der Waals surface area (Å²) in [6.07, 6.45) is 0.920. The second-order valence-electron chi connectivity index (χ2n) is 5.57. The van der Waals surface area contributed by atoms with Crippen LogP contribution in [0.4, 0.5) is 8.78 Å². The zero-order valence-corrected chi connectivity index (χ0v) is 11.3. The minimum absolute atomic E-state index is 0.276. The lowest BCUT2D eigenvalue weighted by atomic mass is 9.98. The van der Waals surface area contributed by atoms with Gasteiger partial charge >= 0.3 is 0 Å². The largest absolute Gasteiger partial charge is 0.344 e. The smallest absolute Gasteiger partial charge is 0.150 e. The van der Waals surface area contributed by atoms with Gasteiger partial charge in [0.15, 0.2) is 0 Å². The Kier molecular flexibility index (Phi) is 3.05. The van der Waals surface area contributed by atoms with E-state index < -0.39 is 11.6 Å². The molecule has 0 bridgehead atoms. The number of quaternary nitrogens is 1. The molecule has 0 aliphatic carbocycles. The topological polar surface area (TPSA) is 21.5 Å². The van der Waals surface area contributed by atoms with Crippen molar-refractivity contribution in [3.05, 3.63) is 35.0 Å². The van der Waals surface area contributed by atoms with Crippen LogP contribution in [0.15, 0.2) is 12.1 Å². The number of rotatable bonds is 1. The molecule has 0 saturated heterocycles. The molecule has 3 rings (SSSR count). The maximum atomic E-state index is 14.2. The minimum atomic E-state index is -0.487. The number of aromatic nitrogens is 1. The van der Waals surface area contributed by atoms with Crippen LogP contribution in [0.2, 0.25) is 0 Å². The summed E-state index contributed by atoms with van der Waals surface area (Å²) in [7, 11) is 0. The van der Waals surface area contributed by atoms with E-state index in [0.29, 0.717) is 5.52 Å². The van der Waals surface area contributed by atoms with Gasteiger partial charge in [0.05, 0.1) is 25.2 Å². The molecule has 0 atom stereocenters. The summed E-state index contributed by atoms with van der Waals surface area (Å²) < 4.78 is 29.8. The highest BCUT2D eigenvalue weighted by atomic mass is 19.1. The molecule has 1 aliphatic heterocycles. The number of benzene rings is 1. The van der Waals surface area contributed by atoms with Crippen molar-refractivity contribution in [1.82, 2.24) is 4.57 Å². The quantitative estimate of drug-likeness (QED) is 0.816. The first-order chi connectivity index (χ1) is 9.09. The summed E-state index contributed by atoms with van der Waals surface area (Å²) in [5.41, 5.74) is 2.88. The molecule has 102 valence electrons. The Morgan fingerprint density at radius 1 is 1.21 bits per heavy atom. The van der Waals surface area contributed by atoms with E-state index in [-0.39, 0.29) is 5.92 Å². The molecule has 19 heavy (non-hydrogen) atoms. The van der Waals surface area contributed by atoms with E-state index in [1.807, 2.05) is 0 Å². The molecule has 0 unspecified atom stereocenters. The van der Waals surface area contributed by atoms with Gasteiger partial charge in [0.1, 0.15) is 11.6 Å². The average Bonchev–Trinajstić information content (AvgIpc) is 2.48. The molecular weight excluding hydrogens is 246 g/mol. The fourth-order valence-corrected chi connectivity index (χ4v) is 3.25. The van der Waals surface area contributed by atoms with Crippen molar-refractivity contribution in [2.24, 2.45) is 0 Å². The lowest BCUT2D eigenvalue weighted by molar-refractivity contribution is -0.653. The van der Waals surface area contributed by atoms with Gasteiger partial charge in [-0.1, -0.05) is 13.8 Å². The normalized spacial score (nSPS) is 15.8. The van der Waals surface area contributed by atoms with Crippen molar-refractivity contribution >= 4 is 10.9 Å². The zero-order valence-electron chi connectivity index (χ0n) is 11.3. The van der Waals surface area contributed by atoms with Crippen LogP contribution in [-0.2, 0) is 13.0 Å². The van der Waals surface area contributed by atoms with Crippen molar-refractivity contribution in [2.45, 2.75) is 32.7 Å². The summed E-state index contributed by atoms with van der Waals surface area (Å²) in [6.45, 7) is 6.94. The molecule has 1 aromatic heterocycles. The average molecular weight is 265 g/mol. The van der Waals surface area contributed by atoms with Crippen LogP contribution in [0.3, 0.4) is 0 Å². The Bertz CT molecular complexity index is 629. The van der Waals surface area contributed by atoms with E-state index in [2.05, 4.69) is 23.7 Å². The fraction of sp³-hybridized carbons (Fsp3) is 0.467. The van der Waals surface area contributed by atoms with Crippen molar-refractivity contribution < 1.29 is 14.1 Å². The molecule has 0 amide bonds. The van der Waals surface area contributed by atoms with Gasteiger partial charge in [-0.3, -0.25) is 0 Å². The van der Waals surface area contributed by atoms with Crippen LogP contribution in [0.1, 0.15) is 31.0 Å². The Morgan fingerprint density at radius 2 is 2.00 bits per heavy atom. The van der Waals surface area contributed by atoms with Gasteiger partial charge in [0.2, 0.25) is 0 Å². The predicted octanol–water partition coefficient (Wildman–Crippen LogP) is 2.16. The first-order valence-electron chi connectivity index (χ1n) is 6.91. The van der Waals surface area contributed by atoms with Gasteiger partial charge in [-0.25, -0.2) is 8.78 Å². The molecule has 4 heteroatoms. The molecule has 0 saturated carbocycles. The Labute approximate surface area is 111 Å². The highest BCUT2D eigenvalue weighted by Crippen LogP contribution is 2.34. The third-order valence-electron chi connectivity index (χ3n) is 3.94. The third kappa shape index (κ3) is 1.94. The maximum absolute atomic E-state index is 14.2. The Balaban J connectivity index is 2.40. The number of fused-ring (bicyclic) bond motifs is 3. The Morgan fingerprint density at radius 3 is 2.74 bits per heavy atom. The predicted molar refractivity (Wildman–Crippen MR) is 71.3 cm³/mol. The molecule has 2 aromatic rings. The van der Waals surface area contributed by atoms with Crippen LogP contribution in [0.5, 0.6) is 0 Å². The molecule has 2 nitrogen and oxygen atoms in total. The first-order valence-corrected chi connectivity index (χ1v) is 6.91. The number of nitrogens with two attached hydrogens (primary N) is 1. The molecule has 1 aliphatic rings. The molecule has 2 heterocycles. The molecule has 0 spiro atoms. The minimum Gasteiger partial charge on any atom is -0.344 e.